The molecule has 0 bridgehead atoms. The highest BCUT2D eigenvalue weighted by Gasteiger charge is 2.36. The number of amides is 1. The van der Waals surface area contributed by atoms with Gasteiger partial charge in [0.25, 0.3) is 0 Å². The van der Waals surface area contributed by atoms with Gasteiger partial charge in [-0.1, -0.05) is 41.4 Å². The first-order valence-corrected chi connectivity index (χ1v) is 13.6. The van der Waals surface area contributed by atoms with Crippen molar-refractivity contribution >= 4 is 21.8 Å². The molecule has 1 atom stereocenters. The topological polar surface area (TPSA) is 63.6 Å². The largest absolute Gasteiger partial charge is 0.385 e. The molecule has 0 aromatic carbocycles. The molecule has 1 N–H and O–H groups in total. The van der Waals surface area contributed by atoms with Crippen molar-refractivity contribution in [3.63, 3.8) is 0 Å². The zero-order valence-electron chi connectivity index (χ0n) is 22.8. The van der Waals surface area contributed by atoms with Crippen molar-refractivity contribution in [1.29, 1.82) is 0 Å². The standard InChI is InChI=1S/C16H25BrN2O.C6H7NO.C5H12O.C2H2/c1-3-13(9-12(2)17)11-19(15-6-7-15)16(20)14-5-4-8-18-10-14;1-7-5-3-2-4-6(7)8;1-3-4-5-6-2;1-2/h3,9,14-15,18H,4-8,10-11H2,1-2H3;2-5H,1H3;3-5H2,1-2H3;1-2H/b12-9+,13-3+;;;/t14-;;;/m1.../s1. The van der Waals surface area contributed by atoms with Crippen molar-refractivity contribution in [3.8, 4) is 12.8 Å². The van der Waals surface area contributed by atoms with Crippen molar-refractivity contribution in [2.45, 2.75) is 65.3 Å². The number of allylic oxidation sites excluding steroid dienone is 2. The molecule has 1 aliphatic heterocycles. The molecule has 36 heavy (non-hydrogen) atoms. The number of pyridine rings is 1. The fourth-order valence-electron chi connectivity index (χ4n) is 3.54. The summed E-state index contributed by atoms with van der Waals surface area (Å²) in [6, 6.07) is 5.55. The van der Waals surface area contributed by atoms with E-state index >= 15 is 0 Å². The highest BCUT2D eigenvalue weighted by Crippen LogP contribution is 2.30. The molecule has 0 unspecified atom stereocenters. The predicted molar refractivity (Wildman–Crippen MR) is 155 cm³/mol. The van der Waals surface area contributed by atoms with E-state index in [2.05, 4.69) is 58.1 Å². The number of halogens is 1. The van der Waals surface area contributed by atoms with E-state index in [1.54, 1.807) is 26.4 Å². The Hall–Kier alpha value is -2.14. The second-order valence-electron chi connectivity index (χ2n) is 8.83. The molecule has 1 amide bonds. The number of hydrogen-bond acceptors (Lipinski definition) is 4. The molecule has 7 heteroatoms. The smallest absolute Gasteiger partial charge is 0.250 e. The Kier molecular flexibility index (Phi) is 19.7. The molecule has 1 aliphatic carbocycles. The lowest BCUT2D eigenvalue weighted by atomic mass is 9.97. The highest BCUT2D eigenvalue weighted by molar-refractivity contribution is 9.11. The summed E-state index contributed by atoms with van der Waals surface area (Å²) in [6.45, 7) is 9.78. The third-order valence-corrected chi connectivity index (χ3v) is 5.96. The zero-order valence-corrected chi connectivity index (χ0v) is 24.4. The summed E-state index contributed by atoms with van der Waals surface area (Å²) in [4.78, 5) is 25.4. The third-order valence-electron chi connectivity index (χ3n) is 5.73. The maximum Gasteiger partial charge on any atom is 0.250 e. The van der Waals surface area contributed by atoms with Crippen LogP contribution in [0.15, 0.2) is 51.4 Å². The molecule has 1 saturated carbocycles. The van der Waals surface area contributed by atoms with Crippen molar-refractivity contribution in [2.24, 2.45) is 13.0 Å². The molecule has 6 nitrogen and oxygen atoms in total. The maximum atomic E-state index is 12.7. The first-order chi connectivity index (χ1) is 17.3. The van der Waals surface area contributed by atoms with Gasteiger partial charge in [0.2, 0.25) is 11.5 Å². The van der Waals surface area contributed by atoms with Gasteiger partial charge in [0.15, 0.2) is 0 Å². The Morgan fingerprint density at radius 3 is 2.39 bits per heavy atom. The Bertz CT molecular complexity index is 858. The minimum absolute atomic E-state index is 0.0347. The van der Waals surface area contributed by atoms with Gasteiger partial charge in [0.1, 0.15) is 0 Å². The second-order valence-corrected chi connectivity index (χ2v) is 10.1. The zero-order chi connectivity index (χ0) is 27.3. The molecular weight excluding hydrogens is 518 g/mol. The Balaban J connectivity index is 0.000000628. The number of carbonyl (C=O) groups is 1. The van der Waals surface area contributed by atoms with Gasteiger partial charge in [0, 0.05) is 52.2 Å². The number of carbonyl (C=O) groups excluding carboxylic acids is 1. The average molecular weight is 565 g/mol. The molecule has 1 saturated heterocycles. The highest BCUT2D eigenvalue weighted by atomic mass is 79.9. The van der Waals surface area contributed by atoms with Crippen LogP contribution in [-0.4, -0.2) is 54.8 Å². The van der Waals surface area contributed by atoms with E-state index in [0.717, 1.165) is 43.6 Å². The normalized spacial score (nSPS) is 17.3. The number of nitrogens with zero attached hydrogens (tertiary/aromatic N) is 2. The van der Waals surface area contributed by atoms with Crippen molar-refractivity contribution in [3.05, 3.63) is 57.0 Å². The maximum absolute atomic E-state index is 12.7. The van der Waals surface area contributed by atoms with E-state index in [4.69, 9.17) is 4.74 Å². The lowest BCUT2D eigenvalue weighted by Gasteiger charge is -2.30. The van der Waals surface area contributed by atoms with Gasteiger partial charge in [-0.3, -0.25) is 9.59 Å². The van der Waals surface area contributed by atoms with Crippen LogP contribution in [0.1, 0.15) is 59.3 Å². The van der Waals surface area contributed by atoms with E-state index in [1.165, 1.54) is 41.9 Å². The van der Waals surface area contributed by atoms with Crippen molar-refractivity contribution in [2.75, 3.05) is 33.4 Å². The molecule has 202 valence electrons. The molecule has 1 aromatic rings. The van der Waals surface area contributed by atoms with Crippen LogP contribution in [0.4, 0.5) is 0 Å². The van der Waals surface area contributed by atoms with Crippen LogP contribution in [0, 0.1) is 18.8 Å². The second kappa shape index (κ2) is 21.0. The molecule has 2 aliphatic rings. The van der Waals surface area contributed by atoms with E-state index in [0.29, 0.717) is 11.9 Å². The number of terminal acetylenes is 1. The summed E-state index contributed by atoms with van der Waals surface area (Å²) in [6.07, 6.45) is 20.8. The summed E-state index contributed by atoms with van der Waals surface area (Å²) in [5.41, 5.74) is 1.25. The van der Waals surface area contributed by atoms with Crippen LogP contribution in [0.3, 0.4) is 0 Å². The van der Waals surface area contributed by atoms with Gasteiger partial charge in [-0.2, -0.15) is 0 Å². The average Bonchev–Trinajstić information content (AvgIpc) is 3.74. The van der Waals surface area contributed by atoms with Gasteiger partial charge in [-0.05, 0) is 74.7 Å². The molecule has 3 rings (SSSR count). The molecule has 1 aromatic heterocycles. The summed E-state index contributed by atoms with van der Waals surface area (Å²) < 4.78 is 7.41. The molecule has 2 heterocycles. The van der Waals surface area contributed by atoms with E-state index in [-0.39, 0.29) is 11.5 Å². The minimum atomic E-state index is 0.0347. The predicted octanol–water partition coefficient (Wildman–Crippen LogP) is 5.29. The lowest BCUT2D eigenvalue weighted by Crippen LogP contribution is -2.44. The summed E-state index contributed by atoms with van der Waals surface area (Å²) in [7, 11) is 3.46. The fourth-order valence-corrected chi connectivity index (χ4v) is 3.83. The van der Waals surface area contributed by atoms with Gasteiger partial charge in [-0.25, -0.2) is 0 Å². The van der Waals surface area contributed by atoms with Gasteiger partial charge in [0.05, 0.1) is 5.92 Å². The Labute approximate surface area is 227 Å². The number of rotatable bonds is 8. The van der Waals surface area contributed by atoms with Gasteiger partial charge < -0.3 is 19.5 Å². The third kappa shape index (κ3) is 15.1. The number of unbranched alkanes of at least 4 members (excludes halogenated alkanes) is 1. The Morgan fingerprint density at radius 2 is 2.00 bits per heavy atom. The number of piperidine rings is 1. The number of nitrogens with one attached hydrogen (secondary N) is 1. The van der Waals surface area contributed by atoms with E-state index < -0.39 is 0 Å². The van der Waals surface area contributed by atoms with Gasteiger partial charge in [-0.15, -0.1) is 12.8 Å². The number of methoxy groups -OCH3 is 1. The van der Waals surface area contributed by atoms with Crippen LogP contribution < -0.4 is 10.9 Å². The van der Waals surface area contributed by atoms with Crippen LogP contribution in [0.25, 0.3) is 0 Å². The Morgan fingerprint density at radius 1 is 1.31 bits per heavy atom. The number of aromatic nitrogens is 1. The van der Waals surface area contributed by atoms with Crippen molar-refractivity contribution < 1.29 is 9.53 Å². The summed E-state index contributed by atoms with van der Waals surface area (Å²) >= 11 is 3.48. The van der Waals surface area contributed by atoms with Gasteiger partial charge >= 0.3 is 0 Å². The molecule has 2 fully saturated rings. The monoisotopic (exact) mass is 563 g/mol. The number of ether oxygens (including phenoxy) is 1. The number of hydrogen-bond donors (Lipinski definition) is 1. The molecule has 0 spiro atoms. The SMILES string of the molecule is C#C.C/C=C(\C=C(/C)Br)CN(C(=O)[C@@H]1CCCNC1)C1CC1.CCCCOC.Cn1ccccc1=O. The summed E-state index contributed by atoms with van der Waals surface area (Å²) in [5, 5.41) is 3.35. The quantitative estimate of drug-likeness (QED) is 0.265. The number of aryl methyl sites for hydroxylation is 1. The minimum Gasteiger partial charge on any atom is -0.385 e. The van der Waals surface area contributed by atoms with Crippen LogP contribution in [0.5, 0.6) is 0 Å². The van der Waals surface area contributed by atoms with Crippen LogP contribution >= 0.6 is 15.9 Å². The van der Waals surface area contributed by atoms with E-state index in [9.17, 15) is 9.59 Å². The van der Waals surface area contributed by atoms with Crippen LogP contribution in [-0.2, 0) is 16.6 Å². The molecule has 0 radical (unpaired) electrons. The first kappa shape index (κ1) is 33.9. The lowest BCUT2D eigenvalue weighted by molar-refractivity contribution is -0.136. The molecular formula is C29H46BrN3O3. The van der Waals surface area contributed by atoms with E-state index in [1.807, 2.05) is 19.9 Å². The first-order valence-electron chi connectivity index (χ1n) is 12.8. The van der Waals surface area contributed by atoms with Crippen LogP contribution in [0.2, 0.25) is 0 Å². The van der Waals surface area contributed by atoms with Crippen molar-refractivity contribution in [1.82, 2.24) is 14.8 Å². The fraction of sp³-hybridized carbons (Fsp3) is 0.586. The summed E-state index contributed by atoms with van der Waals surface area (Å²) in [5.74, 6) is 0.524.